The van der Waals surface area contributed by atoms with Crippen LogP contribution in [-0.4, -0.2) is 29.8 Å². The Morgan fingerprint density at radius 3 is 2.34 bits per heavy atom. The number of hydrogen-bond acceptors (Lipinski definition) is 2. The lowest BCUT2D eigenvalue weighted by molar-refractivity contribution is -0.140. The second kappa shape index (κ2) is 11.0. The number of halogens is 1. The number of amides is 2. The molecule has 0 fully saturated rings. The first kappa shape index (κ1) is 23.6. The van der Waals surface area contributed by atoms with Gasteiger partial charge in [-0.05, 0) is 48.2 Å². The van der Waals surface area contributed by atoms with Crippen LogP contribution in [-0.2, 0) is 29.0 Å². The van der Waals surface area contributed by atoms with Crippen molar-refractivity contribution in [2.75, 3.05) is 7.05 Å². The molecule has 32 heavy (non-hydrogen) atoms. The summed E-state index contributed by atoms with van der Waals surface area (Å²) in [5, 5.41) is 3.34. The van der Waals surface area contributed by atoms with Crippen LogP contribution in [0.25, 0.3) is 0 Å². The van der Waals surface area contributed by atoms with Crippen molar-refractivity contribution < 1.29 is 9.59 Å². The van der Waals surface area contributed by atoms with E-state index in [4.69, 9.17) is 11.6 Å². The molecule has 0 saturated heterocycles. The van der Waals surface area contributed by atoms with Gasteiger partial charge in [-0.25, -0.2) is 0 Å². The van der Waals surface area contributed by atoms with Gasteiger partial charge in [-0.15, -0.1) is 0 Å². The fourth-order valence-corrected chi connectivity index (χ4v) is 4.02. The number of carbonyl (C=O) groups is 2. The van der Waals surface area contributed by atoms with Gasteiger partial charge in [-0.1, -0.05) is 77.8 Å². The molecule has 0 aliphatic rings. The summed E-state index contributed by atoms with van der Waals surface area (Å²) < 4.78 is 0. The third-order valence-electron chi connectivity index (χ3n) is 5.61. The summed E-state index contributed by atoms with van der Waals surface area (Å²) in [7, 11) is 1.60. The highest BCUT2D eigenvalue weighted by molar-refractivity contribution is 6.30. The Balaban J connectivity index is 1.97. The molecular formula is C27H29ClN2O2. The molecular weight excluding hydrogens is 420 g/mol. The van der Waals surface area contributed by atoms with E-state index in [2.05, 4.69) is 5.32 Å². The Labute approximate surface area is 195 Å². The Morgan fingerprint density at radius 2 is 1.66 bits per heavy atom. The van der Waals surface area contributed by atoms with Gasteiger partial charge in [-0.3, -0.25) is 9.59 Å². The molecule has 4 nitrogen and oxygen atoms in total. The highest BCUT2D eigenvalue weighted by atomic mass is 35.5. The lowest BCUT2D eigenvalue weighted by Gasteiger charge is -2.31. The summed E-state index contributed by atoms with van der Waals surface area (Å²) in [6.45, 7) is 4.32. The predicted molar refractivity (Wildman–Crippen MR) is 130 cm³/mol. The molecule has 5 heteroatoms. The van der Waals surface area contributed by atoms with Crippen LogP contribution in [0.5, 0.6) is 0 Å². The zero-order valence-corrected chi connectivity index (χ0v) is 19.5. The predicted octanol–water partition coefficient (Wildman–Crippen LogP) is 4.89. The molecule has 0 aliphatic carbocycles. The molecule has 0 bridgehead atoms. The number of nitrogens with zero attached hydrogens (tertiary/aromatic N) is 1. The van der Waals surface area contributed by atoms with Crippen LogP contribution in [0.3, 0.4) is 0 Å². The Bertz CT molecular complexity index is 1080. The SMILES string of the molecule is CNC(=O)[C@@H](Cc1ccccc1)N(Cc1cccc(Cl)c1)C(=O)Cc1cc(C)ccc1C. The van der Waals surface area contributed by atoms with Gasteiger partial charge in [0.1, 0.15) is 6.04 Å². The topological polar surface area (TPSA) is 49.4 Å². The fourth-order valence-electron chi connectivity index (χ4n) is 3.81. The van der Waals surface area contributed by atoms with Gasteiger partial charge in [0, 0.05) is 25.0 Å². The lowest BCUT2D eigenvalue weighted by atomic mass is 9.99. The number of rotatable bonds is 8. The van der Waals surface area contributed by atoms with E-state index in [9.17, 15) is 9.59 Å². The quantitative estimate of drug-likeness (QED) is 0.533. The first-order valence-corrected chi connectivity index (χ1v) is 11.1. The Hall–Kier alpha value is -3.11. The van der Waals surface area contributed by atoms with Crippen molar-refractivity contribution >= 4 is 23.4 Å². The van der Waals surface area contributed by atoms with Crippen molar-refractivity contribution in [2.24, 2.45) is 0 Å². The average Bonchev–Trinajstić information content (AvgIpc) is 2.78. The summed E-state index contributed by atoms with van der Waals surface area (Å²) in [6, 6.07) is 22.6. The summed E-state index contributed by atoms with van der Waals surface area (Å²) in [4.78, 5) is 28.3. The van der Waals surface area contributed by atoms with Crippen molar-refractivity contribution in [1.29, 1.82) is 0 Å². The molecule has 3 rings (SSSR count). The molecule has 0 saturated carbocycles. The van der Waals surface area contributed by atoms with Gasteiger partial charge in [0.15, 0.2) is 0 Å². The smallest absolute Gasteiger partial charge is 0.242 e. The first-order valence-electron chi connectivity index (χ1n) is 10.7. The van der Waals surface area contributed by atoms with E-state index in [1.165, 1.54) is 0 Å². The highest BCUT2D eigenvalue weighted by Crippen LogP contribution is 2.20. The number of carbonyl (C=O) groups excluding carboxylic acids is 2. The summed E-state index contributed by atoms with van der Waals surface area (Å²) in [6.07, 6.45) is 0.663. The number of likely N-dealkylation sites (N-methyl/N-ethyl adjacent to an activating group) is 1. The number of hydrogen-bond donors (Lipinski definition) is 1. The second-order valence-corrected chi connectivity index (χ2v) is 8.51. The number of aryl methyl sites for hydroxylation is 2. The largest absolute Gasteiger partial charge is 0.357 e. The zero-order valence-electron chi connectivity index (χ0n) is 18.8. The van der Waals surface area contributed by atoms with Crippen LogP contribution in [0.4, 0.5) is 0 Å². The molecule has 3 aromatic carbocycles. The van der Waals surface area contributed by atoms with Gasteiger partial charge >= 0.3 is 0 Å². The van der Waals surface area contributed by atoms with Gasteiger partial charge in [-0.2, -0.15) is 0 Å². The van der Waals surface area contributed by atoms with Crippen molar-refractivity contribution in [3.63, 3.8) is 0 Å². The minimum atomic E-state index is -0.640. The highest BCUT2D eigenvalue weighted by Gasteiger charge is 2.30. The molecule has 166 valence electrons. The zero-order chi connectivity index (χ0) is 23.1. The van der Waals surface area contributed by atoms with E-state index in [0.717, 1.165) is 27.8 Å². The van der Waals surface area contributed by atoms with E-state index < -0.39 is 6.04 Å². The number of nitrogens with one attached hydrogen (secondary N) is 1. The van der Waals surface area contributed by atoms with E-state index in [1.54, 1.807) is 18.0 Å². The first-order chi connectivity index (χ1) is 15.4. The van der Waals surface area contributed by atoms with Crippen LogP contribution in [0.1, 0.15) is 27.8 Å². The maximum Gasteiger partial charge on any atom is 0.242 e. The van der Waals surface area contributed by atoms with Gasteiger partial charge in [0.25, 0.3) is 0 Å². The molecule has 2 amide bonds. The summed E-state index contributed by atoms with van der Waals surface area (Å²) >= 11 is 6.19. The maximum absolute atomic E-state index is 13.6. The van der Waals surface area contributed by atoms with Gasteiger partial charge in [0.05, 0.1) is 6.42 Å². The third kappa shape index (κ3) is 6.21. The summed E-state index contributed by atoms with van der Waals surface area (Å²) in [5.74, 6) is -0.284. The molecule has 0 radical (unpaired) electrons. The molecule has 0 heterocycles. The van der Waals surface area contributed by atoms with Crippen molar-refractivity contribution in [3.8, 4) is 0 Å². The van der Waals surface area contributed by atoms with Crippen LogP contribution in [0.2, 0.25) is 5.02 Å². The van der Waals surface area contributed by atoms with E-state index in [0.29, 0.717) is 18.0 Å². The lowest BCUT2D eigenvalue weighted by Crippen LogP contribution is -2.50. The summed E-state index contributed by atoms with van der Waals surface area (Å²) in [5.41, 5.74) is 5.02. The molecule has 0 unspecified atom stereocenters. The molecule has 1 atom stereocenters. The van der Waals surface area contributed by atoms with Crippen LogP contribution < -0.4 is 5.32 Å². The Kier molecular flexibility index (Phi) is 8.07. The number of benzene rings is 3. The fraction of sp³-hybridized carbons (Fsp3) is 0.259. The minimum absolute atomic E-state index is 0.0943. The normalized spacial score (nSPS) is 11.6. The molecule has 0 aliphatic heterocycles. The molecule has 0 spiro atoms. The van der Waals surface area contributed by atoms with Crippen LogP contribution in [0.15, 0.2) is 72.8 Å². The van der Waals surface area contributed by atoms with Crippen LogP contribution >= 0.6 is 11.6 Å². The van der Waals surface area contributed by atoms with Gasteiger partial charge < -0.3 is 10.2 Å². The van der Waals surface area contributed by atoms with Crippen LogP contribution in [0, 0.1) is 13.8 Å². The minimum Gasteiger partial charge on any atom is -0.357 e. The Morgan fingerprint density at radius 1 is 0.938 bits per heavy atom. The van der Waals surface area contributed by atoms with Crippen molar-refractivity contribution in [2.45, 2.75) is 39.3 Å². The average molecular weight is 449 g/mol. The molecule has 1 N–H and O–H groups in total. The standard InChI is InChI=1S/C27H29ClN2O2/c1-19-12-13-20(2)23(14-19)17-26(31)30(18-22-10-7-11-24(28)15-22)25(27(32)29-3)16-21-8-5-4-6-9-21/h4-15,25H,16-18H2,1-3H3,(H,29,32)/t25-/m1/s1. The van der Waals surface area contributed by atoms with Crippen molar-refractivity contribution in [1.82, 2.24) is 10.2 Å². The molecule has 3 aromatic rings. The van der Waals surface area contributed by atoms with Crippen molar-refractivity contribution in [3.05, 3.63) is 106 Å². The monoisotopic (exact) mass is 448 g/mol. The van der Waals surface area contributed by atoms with E-state index in [1.807, 2.05) is 80.6 Å². The third-order valence-corrected chi connectivity index (χ3v) is 5.84. The van der Waals surface area contributed by atoms with E-state index >= 15 is 0 Å². The second-order valence-electron chi connectivity index (χ2n) is 8.08. The van der Waals surface area contributed by atoms with Gasteiger partial charge in [0.2, 0.25) is 11.8 Å². The van der Waals surface area contributed by atoms with E-state index in [-0.39, 0.29) is 18.2 Å². The molecule has 0 aromatic heterocycles. The maximum atomic E-state index is 13.6.